The fraction of sp³-hybridized carbons (Fsp3) is 0.350. The van der Waals surface area contributed by atoms with Crippen LogP contribution in [0.15, 0.2) is 18.2 Å². The molecule has 0 aliphatic heterocycles. The van der Waals surface area contributed by atoms with Gasteiger partial charge in [-0.1, -0.05) is 6.07 Å². The molecule has 9 heteroatoms. The van der Waals surface area contributed by atoms with Gasteiger partial charge in [0.2, 0.25) is 0 Å². The Morgan fingerprint density at radius 2 is 1.66 bits per heavy atom. The number of imide groups is 1. The van der Waals surface area contributed by atoms with Gasteiger partial charge in [-0.2, -0.15) is 0 Å². The smallest absolute Gasteiger partial charge is 0.323 e. The van der Waals surface area contributed by atoms with Crippen LogP contribution in [0.2, 0.25) is 0 Å². The number of thiophene rings is 1. The summed E-state index contributed by atoms with van der Waals surface area (Å²) in [7, 11) is 6.04. The summed E-state index contributed by atoms with van der Waals surface area (Å²) >= 11 is 1.36. The van der Waals surface area contributed by atoms with Crippen LogP contribution in [0.1, 0.15) is 37.6 Å². The fourth-order valence-electron chi connectivity index (χ4n) is 3.24. The number of methoxy groups -OCH3 is 2. The van der Waals surface area contributed by atoms with Crippen LogP contribution >= 0.6 is 11.3 Å². The lowest BCUT2D eigenvalue weighted by Gasteiger charge is -2.14. The summed E-state index contributed by atoms with van der Waals surface area (Å²) in [6.45, 7) is 0. The summed E-state index contributed by atoms with van der Waals surface area (Å²) < 4.78 is 10.6. The molecule has 0 atom stereocenters. The largest absolute Gasteiger partial charge is 0.496 e. The Balaban J connectivity index is 1.96. The number of nitrogens with one attached hydrogen (secondary N) is 2. The predicted molar refractivity (Wildman–Crippen MR) is 110 cm³/mol. The van der Waals surface area contributed by atoms with Crippen molar-refractivity contribution in [3.8, 4) is 11.5 Å². The number of carbonyl (C=O) groups excluding carboxylic acids is 3. The molecule has 0 bridgehead atoms. The van der Waals surface area contributed by atoms with E-state index in [9.17, 15) is 14.4 Å². The van der Waals surface area contributed by atoms with Gasteiger partial charge in [0.1, 0.15) is 22.1 Å². The molecule has 8 nitrogen and oxygen atoms in total. The molecule has 0 saturated heterocycles. The number of carbonyl (C=O) groups is 3. The van der Waals surface area contributed by atoms with Crippen LogP contribution in [0.5, 0.6) is 11.5 Å². The minimum Gasteiger partial charge on any atom is -0.496 e. The van der Waals surface area contributed by atoms with Gasteiger partial charge in [-0.15, -0.1) is 11.3 Å². The van der Waals surface area contributed by atoms with Crippen molar-refractivity contribution in [2.45, 2.75) is 19.3 Å². The van der Waals surface area contributed by atoms with Gasteiger partial charge < -0.3 is 19.7 Å². The number of hydrogen-bond donors (Lipinski definition) is 2. The summed E-state index contributed by atoms with van der Waals surface area (Å²) in [6, 6.07) is 4.53. The van der Waals surface area contributed by atoms with E-state index >= 15 is 0 Å². The second kappa shape index (κ2) is 8.52. The van der Waals surface area contributed by atoms with Gasteiger partial charge in [0.05, 0.1) is 19.8 Å². The summed E-state index contributed by atoms with van der Waals surface area (Å²) in [5.74, 6) is -0.253. The topological polar surface area (TPSA) is 97.0 Å². The third kappa shape index (κ3) is 4.04. The zero-order valence-electron chi connectivity index (χ0n) is 16.8. The van der Waals surface area contributed by atoms with Crippen molar-refractivity contribution >= 4 is 34.2 Å². The molecule has 4 amide bonds. The number of aryl methyl sites for hydroxylation is 1. The zero-order valence-corrected chi connectivity index (χ0v) is 17.6. The summed E-state index contributed by atoms with van der Waals surface area (Å²) in [6.07, 6.45) is 2.52. The van der Waals surface area contributed by atoms with Crippen LogP contribution < -0.4 is 20.1 Å². The number of hydrogen-bond acceptors (Lipinski definition) is 6. The van der Waals surface area contributed by atoms with E-state index in [1.807, 2.05) is 0 Å². The van der Waals surface area contributed by atoms with E-state index in [1.165, 1.54) is 30.5 Å². The molecule has 0 spiro atoms. The van der Waals surface area contributed by atoms with E-state index in [0.29, 0.717) is 22.1 Å². The normalized spacial score (nSPS) is 12.1. The van der Waals surface area contributed by atoms with Crippen molar-refractivity contribution in [1.29, 1.82) is 0 Å². The second-order valence-electron chi connectivity index (χ2n) is 6.71. The third-order valence-corrected chi connectivity index (χ3v) is 5.86. The number of urea groups is 1. The van der Waals surface area contributed by atoms with Crippen molar-refractivity contribution in [3.63, 3.8) is 0 Å². The number of amides is 4. The Morgan fingerprint density at radius 3 is 2.24 bits per heavy atom. The first kappa shape index (κ1) is 20.7. The number of nitrogens with zero attached hydrogens (tertiary/aromatic N) is 1. The number of rotatable bonds is 5. The van der Waals surface area contributed by atoms with Gasteiger partial charge in [-0.05, 0) is 37.0 Å². The Hall–Kier alpha value is -3.07. The molecule has 0 unspecified atom stereocenters. The van der Waals surface area contributed by atoms with Crippen LogP contribution in [0.25, 0.3) is 0 Å². The minimum absolute atomic E-state index is 0.238. The molecule has 1 heterocycles. The standard InChI is InChI=1S/C20H23N3O5S/c1-23(2)20(26)22-17(24)15-11-7-5-10-14(11)29-19(15)21-18(25)16-12(27-3)8-6-9-13(16)28-4/h6,8-9H,5,7,10H2,1-4H3,(H,21,25)(H,22,24,26). The molecule has 2 N–H and O–H groups in total. The van der Waals surface area contributed by atoms with Crippen LogP contribution in [0, 0.1) is 0 Å². The highest BCUT2D eigenvalue weighted by Crippen LogP contribution is 2.40. The third-order valence-electron chi connectivity index (χ3n) is 4.66. The van der Waals surface area contributed by atoms with E-state index < -0.39 is 17.8 Å². The number of fused-ring (bicyclic) bond motifs is 1. The Kier molecular flexibility index (Phi) is 6.07. The van der Waals surface area contributed by atoms with Crippen molar-refractivity contribution in [1.82, 2.24) is 10.2 Å². The van der Waals surface area contributed by atoms with Crippen molar-refractivity contribution < 1.29 is 23.9 Å². The Bertz CT molecular complexity index is 945. The number of anilines is 1. The maximum Gasteiger partial charge on any atom is 0.323 e. The summed E-state index contributed by atoms with van der Waals surface area (Å²) in [5, 5.41) is 5.60. The van der Waals surface area contributed by atoms with Crippen molar-refractivity contribution in [3.05, 3.63) is 39.8 Å². The van der Waals surface area contributed by atoms with Crippen LogP contribution in [0.3, 0.4) is 0 Å². The molecule has 2 aromatic rings. The van der Waals surface area contributed by atoms with E-state index in [1.54, 1.807) is 32.3 Å². The highest BCUT2D eigenvalue weighted by atomic mass is 32.1. The zero-order chi connectivity index (χ0) is 21.1. The first-order chi connectivity index (χ1) is 13.9. The van der Waals surface area contributed by atoms with Crippen LogP contribution in [-0.4, -0.2) is 51.1 Å². The number of benzene rings is 1. The molecular weight excluding hydrogens is 394 g/mol. The fourth-order valence-corrected chi connectivity index (χ4v) is 4.53. The Morgan fingerprint density at radius 1 is 1.00 bits per heavy atom. The molecule has 1 aromatic heterocycles. The lowest BCUT2D eigenvalue weighted by molar-refractivity contribution is 0.0957. The molecule has 154 valence electrons. The molecule has 0 radical (unpaired) electrons. The molecule has 0 fully saturated rings. The summed E-state index contributed by atoms with van der Waals surface area (Å²) in [4.78, 5) is 40.1. The molecule has 29 heavy (non-hydrogen) atoms. The lowest BCUT2D eigenvalue weighted by Crippen LogP contribution is -2.39. The van der Waals surface area contributed by atoms with E-state index in [0.717, 1.165) is 29.7 Å². The maximum atomic E-state index is 13.0. The first-order valence-electron chi connectivity index (χ1n) is 9.06. The molecule has 1 aliphatic rings. The quantitative estimate of drug-likeness (QED) is 0.780. The molecule has 1 aromatic carbocycles. The minimum atomic E-state index is -0.523. The molecular formula is C20H23N3O5S. The SMILES string of the molecule is COc1cccc(OC)c1C(=O)Nc1sc2c(c1C(=O)NC(=O)N(C)C)CCC2. The van der Waals surface area contributed by atoms with Crippen LogP contribution in [0.4, 0.5) is 9.80 Å². The van der Waals surface area contributed by atoms with Gasteiger partial charge >= 0.3 is 6.03 Å². The highest BCUT2D eigenvalue weighted by Gasteiger charge is 2.29. The van der Waals surface area contributed by atoms with E-state index in [4.69, 9.17) is 9.47 Å². The van der Waals surface area contributed by atoms with E-state index in [-0.39, 0.29) is 5.56 Å². The monoisotopic (exact) mass is 417 g/mol. The van der Waals surface area contributed by atoms with Crippen LogP contribution in [-0.2, 0) is 12.8 Å². The van der Waals surface area contributed by atoms with Gasteiger partial charge in [-0.25, -0.2) is 4.79 Å². The average Bonchev–Trinajstić information content (AvgIpc) is 3.27. The molecule has 3 rings (SSSR count). The second-order valence-corrected chi connectivity index (χ2v) is 7.81. The van der Waals surface area contributed by atoms with E-state index in [2.05, 4.69) is 10.6 Å². The maximum absolute atomic E-state index is 13.0. The van der Waals surface area contributed by atoms with Crippen molar-refractivity contribution in [2.24, 2.45) is 0 Å². The lowest BCUT2D eigenvalue weighted by atomic mass is 10.1. The van der Waals surface area contributed by atoms with Gasteiger partial charge in [0.25, 0.3) is 11.8 Å². The predicted octanol–water partition coefficient (Wildman–Crippen LogP) is 2.92. The summed E-state index contributed by atoms with van der Waals surface area (Å²) in [5.41, 5.74) is 1.48. The van der Waals surface area contributed by atoms with Crippen molar-refractivity contribution in [2.75, 3.05) is 33.6 Å². The van der Waals surface area contributed by atoms with Gasteiger partial charge in [-0.3, -0.25) is 14.9 Å². The molecule has 0 saturated carbocycles. The highest BCUT2D eigenvalue weighted by molar-refractivity contribution is 7.17. The van der Waals surface area contributed by atoms with Gasteiger partial charge in [0, 0.05) is 19.0 Å². The first-order valence-corrected chi connectivity index (χ1v) is 9.88. The van der Waals surface area contributed by atoms with Gasteiger partial charge in [0.15, 0.2) is 0 Å². The number of ether oxygens (including phenoxy) is 2. The molecule has 1 aliphatic carbocycles. The average molecular weight is 417 g/mol. The Labute approximate surface area is 172 Å².